The van der Waals surface area contributed by atoms with Crippen molar-refractivity contribution < 1.29 is 18.8 Å². The second kappa shape index (κ2) is 6.27. The van der Waals surface area contributed by atoms with Gasteiger partial charge in [0.15, 0.2) is 6.29 Å². The summed E-state index contributed by atoms with van der Waals surface area (Å²) in [6, 6.07) is 3.37. The third-order valence-corrected chi connectivity index (χ3v) is 2.41. The Morgan fingerprint density at radius 3 is 2.44 bits per heavy atom. The smallest absolute Gasteiger partial charge is 0.304 e. The predicted molar refractivity (Wildman–Crippen MR) is 63.9 cm³/mol. The number of nitrogens with one attached hydrogen (secondary N) is 1. The van der Waals surface area contributed by atoms with Crippen molar-refractivity contribution in [2.24, 2.45) is 0 Å². The van der Waals surface area contributed by atoms with Gasteiger partial charge >= 0.3 is 5.69 Å². The van der Waals surface area contributed by atoms with E-state index < -0.39 is 22.7 Å². The molecule has 1 aromatic carbocycles. The van der Waals surface area contributed by atoms with Gasteiger partial charge in [-0.05, 0) is 13.0 Å². The molecule has 1 N–H and O–H groups in total. The molecule has 0 amide bonds. The largest absolute Gasteiger partial charge is 0.377 e. The molecule has 0 heterocycles. The van der Waals surface area contributed by atoms with Gasteiger partial charge in [0.05, 0.1) is 11.0 Å². The van der Waals surface area contributed by atoms with Crippen LogP contribution in [0.15, 0.2) is 18.2 Å². The van der Waals surface area contributed by atoms with Crippen LogP contribution in [0.2, 0.25) is 0 Å². The van der Waals surface area contributed by atoms with Crippen LogP contribution in [0.5, 0.6) is 0 Å². The maximum atomic E-state index is 13.4. The summed E-state index contributed by atoms with van der Waals surface area (Å²) in [5, 5.41) is 13.4. The maximum Gasteiger partial charge on any atom is 0.304 e. The summed E-state index contributed by atoms with van der Waals surface area (Å²) in [5.41, 5.74) is -0.132. The highest BCUT2D eigenvalue weighted by atomic mass is 19.1. The van der Waals surface area contributed by atoms with Crippen molar-refractivity contribution in [1.82, 2.24) is 0 Å². The van der Waals surface area contributed by atoms with E-state index in [4.69, 9.17) is 9.47 Å². The molecule has 18 heavy (non-hydrogen) atoms. The van der Waals surface area contributed by atoms with Crippen LogP contribution in [-0.4, -0.2) is 31.5 Å². The van der Waals surface area contributed by atoms with Gasteiger partial charge in [0.25, 0.3) is 0 Å². The topological polar surface area (TPSA) is 73.6 Å². The lowest BCUT2D eigenvalue weighted by atomic mass is 10.2. The molecule has 0 radical (unpaired) electrons. The van der Waals surface area contributed by atoms with Crippen molar-refractivity contribution in [2.75, 3.05) is 19.5 Å². The molecule has 0 aliphatic carbocycles. The third-order valence-electron chi connectivity index (χ3n) is 2.41. The number of nitrogens with zero attached hydrogens (tertiary/aromatic N) is 1. The molecule has 0 saturated carbocycles. The van der Waals surface area contributed by atoms with Crippen LogP contribution in [0.3, 0.4) is 0 Å². The summed E-state index contributed by atoms with van der Waals surface area (Å²) < 4.78 is 23.4. The molecule has 1 atom stereocenters. The third kappa shape index (κ3) is 3.38. The molecule has 1 rings (SSSR count). The Labute approximate surface area is 104 Å². The van der Waals surface area contributed by atoms with E-state index in [1.807, 2.05) is 0 Å². The van der Waals surface area contributed by atoms with E-state index in [0.29, 0.717) is 5.69 Å². The molecule has 6 nitrogen and oxygen atoms in total. The predicted octanol–water partition coefficient (Wildman–Crippen LogP) is 2.15. The zero-order valence-corrected chi connectivity index (χ0v) is 10.3. The first kappa shape index (κ1) is 14.3. The Morgan fingerprint density at radius 2 is 2.00 bits per heavy atom. The lowest BCUT2D eigenvalue weighted by Crippen LogP contribution is -2.33. The minimum atomic E-state index is -0.886. The number of nitro benzene ring substituents is 1. The number of benzene rings is 1. The zero-order valence-electron chi connectivity index (χ0n) is 10.3. The number of hydrogen-bond acceptors (Lipinski definition) is 5. The van der Waals surface area contributed by atoms with Gasteiger partial charge in [0, 0.05) is 32.0 Å². The van der Waals surface area contributed by atoms with Gasteiger partial charge in [-0.3, -0.25) is 10.1 Å². The summed E-state index contributed by atoms with van der Waals surface area (Å²) in [6.45, 7) is 1.79. The quantitative estimate of drug-likeness (QED) is 0.481. The van der Waals surface area contributed by atoms with E-state index in [9.17, 15) is 14.5 Å². The van der Waals surface area contributed by atoms with Gasteiger partial charge in [-0.25, -0.2) is 0 Å². The summed E-state index contributed by atoms with van der Waals surface area (Å²) in [5.74, 6) is -0.886. The van der Waals surface area contributed by atoms with E-state index in [1.54, 1.807) is 6.92 Å². The molecule has 1 aromatic rings. The normalized spacial score (nSPS) is 12.5. The van der Waals surface area contributed by atoms with Gasteiger partial charge in [0.2, 0.25) is 5.82 Å². The van der Waals surface area contributed by atoms with Gasteiger partial charge in [0.1, 0.15) is 0 Å². The fraction of sp³-hybridized carbons (Fsp3) is 0.455. The molecule has 0 saturated heterocycles. The van der Waals surface area contributed by atoms with Crippen LogP contribution in [0.4, 0.5) is 15.8 Å². The number of halogens is 1. The van der Waals surface area contributed by atoms with Gasteiger partial charge in [-0.2, -0.15) is 4.39 Å². The van der Waals surface area contributed by atoms with Crippen LogP contribution >= 0.6 is 0 Å². The molecule has 0 spiro atoms. The molecule has 0 aliphatic heterocycles. The lowest BCUT2D eigenvalue weighted by molar-refractivity contribution is -0.387. The Balaban J connectivity index is 2.80. The number of nitro groups is 1. The molecule has 100 valence electrons. The fourth-order valence-corrected chi connectivity index (χ4v) is 1.58. The summed E-state index contributed by atoms with van der Waals surface area (Å²) >= 11 is 0. The molecular formula is C11H15FN2O4. The minimum absolute atomic E-state index is 0.235. The van der Waals surface area contributed by atoms with Crippen molar-refractivity contribution in [2.45, 2.75) is 19.3 Å². The first-order valence-corrected chi connectivity index (χ1v) is 5.25. The first-order valence-electron chi connectivity index (χ1n) is 5.25. The van der Waals surface area contributed by atoms with E-state index >= 15 is 0 Å². The Bertz CT molecular complexity index is 424. The van der Waals surface area contributed by atoms with Crippen LogP contribution in [-0.2, 0) is 9.47 Å². The van der Waals surface area contributed by atoms with E-state index in [0.717, 1.165) is 12.1 Å². The number of anilines is 1. The summed E-state index contributed by atoms with van der Waals surface area (Å²) in [4.78, 5) is 9.69. The maximum absolute atomic E-state index is 13.4. The zero-order chi connectivity index (χ0) is 13.7. The van der Waals surface area contributed by atoms with Gasteiger partial charge < -0.3 is 14.8 Å². The molecule has 0 fully saturated rings. The van der Waals surface area contributed by atoms with E-state index in [2.05, 4.69) is 5.32 Å². The van der Waals surface area contributed by atoms with Gasteiger partial charge in [-0.15, -0.1) is 0 Å². The van der Waals surface area contributed by atoms with Crippen molar-refractivity contribution in [3.05, 3.63) is 34.1 Å². The summed E-state index contributed by atoms with van der Waals surface area (Å²) in [7, 11) is 2.98. The SMILES string of the molecule is COC(OC)C(C)Nc1ccc([N+](=O)[O-])c(F)c1. The average Bonchev–Trinajstić information content (AvgIpc) is 2.30. The van der Waals surface area contributed by atoms with Crippen molar-refractivity contribution in [1.29, 1.82) is 0 Å². The Hall–Kier alpha value is -1.73. The Kier molecular flexibility index (Phi) is 4.99. The standard InChI is InChI=1S/C11H15FN2O4/c1-7(11(17-2)18-3)13-8-4-5-10(14(15)16)9(12)6-8/h4-7,11,13H,1-3H3. The fourth-order valence-electron chi connectivity index (χ4n) is 1.58. The van der Waals surface area contributed by atoms with Crippen molar-refractivity contribution in [3.8, 4) is 0 Å². The lowest BCUT2D eigenvalue weighted by Gasteiger charge is -2.23. The van der Waals surface area contributed by atoms with Crippen LogP contribution in [0.25, 0.3) is 0 Å². The van der Waals surface area contributed by atoms with Crippen LogP contribution in [0.1, 0.15) is 6.92 Å². The molecule has 1 unspecified atom stereocenters. The molecule has 0 aromatic heterocycles. The second-order valence-electron chi connectivity index (χ2n) is 3.70. The average molecular weight is 258 g/mol. The van der Waals surface area contributed by atoms with Gasteiger partial charge in [-0.1, -0.05) is 0 Å². The van der Waals surface area contributed by atoms with Crippen molar-refractivity contribution >= 4 is 11.4 Å². The molecule has 7 heteroatoms. The highest BCUT2D eigenvalue weighted by Crippen LogP contribution is 2.21. The monoisotopic (exact) mass is 258 g/mol. The Morgan fingerprint density at radius 1 is 1.39 bits per heavy atom. The minimum Gasteiger partial charge on any atom is -0.377 e. The number of methoxy groups -OCH3 is 2. The van der Waals surface area contributed by atoms with Crippen LogP contribution in [0, 0.1) is 15.9 Å². The summed E-state index contributed by atoms with van der Waals surface area (Å²) in [6.07, 6.45) is -0.497. The van der Waals surface area contributed by atoms with E-state index in [-0.39, 0.29) is 6.04 Å². The van der Waals surface area contributed by atoms with E-state index in [1.165, 1.54) is 20.3 Å². The highest BCUT2D eigenvalue weighted by molar-refractivity contribution is 5.50. The molecule has 0 aliphatic rings. The van der Waals surface area contributed by atoms with Crippen LogP contribution < -0.4 is 5.32 Å². The molecule has 0 bridgehead atoms. The first-order chi connectivity index (χ1) is 8.49. The molecular weight excluding hydrogens is 243 g/mol. The number of ether oxygens (including phenoxy) is 2. The van der Waals surface area contributed by atoms with Crippen molar-refractivity contribution in [3.63, 3.8) is 0 Å². The second-order valence-corrected chi connectivity index (χ2v) is 3.70. The highest BCUT2D eigenvalue weighted by Gasteiger charge is 2.18. The number of rotatable bonds is 6. The number of hydrogen-bond donors (Lipinski definition) is 1.